The van der Waals surface area contributed by atoms with Crippen LogP contribution in [-0.4, -0.2) is 65.8 Å². The SMILES string of the molecule is CCC(=O)[C@H](CCCCNC(=O)CCC(=O)O)NC(=O)CNC(=O)[C@H](CC(C)C)NC(C)C. The second-order valence-corrected chi connectivity index (χ2v) is 8.90. The van der Waals surface area contributed by atoms with E-state index in [0.717, 1.165) is 0 Å². The van der Waals surface area contributed by atoms with E-state index in [1.807, 2.05) is 27.7 Å². The summed E-state index contributed by atoms with van der Waals surface area (Å²) in [5.41, 5.74) is 0. The van der Waals surface area contributed by atoms with Gasteiger partial charge in [-0.1, -0.05) is 34.6 Å². The number of aliphatic carboxylic acids is 1. The molecular weight excluding hydrogens is 428 g/mol. The molecule has 0 rings (SSSR count). The zero-order valence-corrected chi connectivity index (χ0v) is 20.7. The maximum absolute atomic E-state index is 12.5. The maximum Gasteiger partial charge on any atom is 0.303 e. The van der Waals surface area contributed by atoms with Gasteiger partial charge in [-0.05, 0) is 31.6 Å². The van der Waals surface area contributed by atoms with E-state index in [1.165, 1.54) is 0 Å². The smallest absolute Gasteiger partial charge is 0.303 e. The van der Waals surface area contributed by atoms with Crippen molar-refractivity contribution in [2.75, 3.05) is 13.1 Å². The molecule has 0 bridgehead atoms. The van der Waals surface area contributed by atoms with Crippen molar-refractivity contribution in [1.82, 2.24) is 21.3 Å². The lowest BCUT2D eigenvalue weighted by molar-refractivity contribution is -0.138. The predicted molar refractivity (Wildman–Crippen MR) is 125 cm³/mol. The van der Waals surface area contributed by atoms with Gasteiger partial charge < -0.3 is 26.4 Å². The molecule has 33 heavy (non-hydrogen) atoms. The van der Waals surface area contributed by atoms with Crippen LogP contribution in [0.25, 0.3) is 0 Å². The number of nitrogens with one attached hydrogen (secondary N) is 4. The van der Waals surface area contributed by atoms with Crippen LogP contribution in [0.4, 0.5) is 0 Å². The minimum absolute atomic E-state index is 0.0707. The summed E-state index contributed by atoms with van der Waals surface area (Å²) >= 11 is 0. The average Bonchev–Trinajstić information content (AvgIpc) is 2.73. The highest BCUT2D eigenvalue weighted by atomic mass is 16.4. The molecule has 0 aliphatic rings. The van der Waals surface area contributed by atoms with Crippen molar-refractivity contribution in [1.29, 1.82) is 0 Å². The lowest BCUT2D eigenvalue weighted by Gasteiger charge is -2.22. The van der Waals surface area contributed by atoms with Gasteiger partial charge in [0, 0.05) is 25.4 Å². The third kappa shape index (κ3) is 15.9. The van der Waals surface area contributed by atoms with Crippen LogP contribution in [-0.2, 0) is 24.0 Å². The number of Topliss-reactive ketones (excluding diaryl/α,β-unsaturated/α-hetero) is 1. The number of carboxylic acids is 1. The number of hydrogen-bond donors (Lipinski definition) is 5. The zero-order valence-electron chi connectivity index (χ0n) is 20.7. The Bertz CT molecular complexity index is 641. The summed E-state index contributed by atoms with van der Waals surface area (Å²) in [6.45, 7) is 9.84. The van der Waals surface area contributed by atoms with Crippen molar-refractivity contribution in [3.8, 4) is 0 Å². The largest absolute Gasteiger partial charge is 0.481 e. The lowest BCUT2D eigenvalue weighted by atomic mass is 10.0. The number of ketones is 1. The summed E-state index contributed by atoms with van der Waals surface area (Å²) in [6, 6.07) is -0.916. The number of carbonyl (C=O) groups excluding carboxylic acids is 4. The van der Waals surface area contributed by atoms with Crippen LogP contribution < -0.4 is 21.3 Å². The fourth-order valence-corrected chi connectivity index (χ4v) is 3.23. The molecule has 0 aromatic carbocycles. The molecule has 190 valence electrons. The molecule has 0 saturated carbocycles. The van der Waals surface area contributed by atoms with Gasteiger partial charge in [0.2, 0.25) is 17.7 Å². The van der Waals surface area contributed by atoms with E-state index in [4.69, 9.17) is 5.11 Å². The average molecular weight is 471 g/mol. The molecule has 2 atom stereocenters. The van der Waals surface area contributed by atoms with Gasteiger partial charge in [-0.3, -0.25) is 24.0 Å². The summed E-state index contributed by atoms with van der Waals surface area (Å²) in [6.07, 6.45) is 2.25. The van der Waals surface area contributed by atoms with E-state index in [2.05, 4.69) is 21.3 Å². The first-order chi connectivity index (χ1) is 15.5. The van der Waals surface area contributed by atoms with Crippen LogP contribution in [0.15, 0.2) is 0 Å². The highest BCUT2D eigenvalue weighted by Crippen LogP contribution is 2.07. The summed E-state index contributed by atoms with van der Waals surface area (Å²) in [7, 11) is 0. The Morgan fingerprint density at radius 3 is 2.06 bits per heavy atom. The first-order valence-electron chi connectivity index (χ1n) is 11.8. The van der Waals surface area contributed by atoms with E-state index < -0.39 is 24.0 Å². The molecule has 0 unspecified atom stereocenters. The highest BCUT2D eigenvalue weighted by Gasteiger charge is 2.22. The Morgan fingerprint density at radius 2 is 1.52 bits per heavy atom. The molecule has 0 fully saturated rings. The van der Waals surface area contributed by atoms with Crippen molar-refractivity contribution in [3.05, 3.63) is 0 Å². The second kappa shape index (κ2) is 17.0. The molecule has 0 saturated heterocycles. The minimum atomic E-state index is -1.02. The molecule has 10 nitrogen and oxygen atoms in total. The summed E-state index contributed by atoms with van der Waals surface area (Å²) in [5, 5.41) is 19.8. The van der Waals surface area contributed by atoms with Crippen LogP contribution in [0.5, 0.6) is 0 Å². The predicted octanol–water partition coefficient (Wildman–Crippen LogP) is 1.13. The van der Waals surface area contributed by atoms with Gasteiger partial charge in [0.1, 0.15) is 0 Å². The van der Waals surface area contributed by atoms with Crippen molar-refractivity contribution < 1.29 is 29.1 Å². The van der Waals surface area contributed by atoms with Crippen molar-refractivity contribution in [2.24, 2.45) is 5.92 Å². The van der Waals surface area contributed by atoms with Crippen LogP contribution in [0.1, 0.15) is 79.6 Å². The third-order valence-corrected chi connectivity index (χ3v) is 4.86. The molecule has 0 heterocycles. The summed E-state index contributed by atoms with van der Waals surface area (Å²) in [4.78, 5) is 59.0. The molecule has 0 radical (unpaired) electrons. The third-order valence-electron chi connectivity index (χ3n) is 4.86. The van der Waals surface area contributed by atoms with Crippen LogP contribution >= 0.6 is 0 Å². The Hall–Kier alpha value is -2.49. The molecule has 0 aromatic rings. The van der Waals surface area contributed by atoms with E-state index in [1.54, 1.807) is 6.92 Å². The van der Waals surface area contributed by atoms with Gasteiger partial charge in [-0.2, -0.15) is 0 Å². The standard InChI is InChI=1S/C23H42N4O6/c1-6-19(28)17(9-7-8-12-24-20(29)10-11-22(31)32)27-21(30)14-25-23(33)18(13-15(2)3)26-16(4)5/h15-18,26H,6-14H2,1-5H3,(H,24,29)(H,25,33)(H,27,30)(H,31,32)/t17-,18-/m0/s1. The first-order valence-corrected chi connectivity index (χ1v) is 11.8. The number of amides is 3. The summed E-state index contributed by atoms with van der Waals surface area (Å²) < 4.78 is 0. The number of hydrogen-bond acceptors (Lipinski definition) is 6. The Balaban J connectivity index is 4.49. The van der Waals surface area contributed by atoms with Gasteiger partial charge in [-0.25, -0.2) is 0 Å². The summed E-state index contributed by atoms with van der Waals surface area (Å²) in [5.74, 6) is -1.81. The van der Waals surface area contributed by atoms with E-state index in [0.29, 0.717) is 38.1 Å². The van der Waals surface area contributed by atoms with E-state index >= 15 is 0 Å². The fourth-order valence-electron chi connectivity index (χ4n) is 3.23. The number of unbranched alkanes of at least 4 members (excludes halogenated alkanes) is 1. The van der Waals surface area contributed by atoms with Gasteiger partial charge in [0.25, 0.3) is 0 Å². The minimum Gasteiger partial charge on any atom is -0.481 e. The molecular formula is C23H42N4O6. The zero-order chi connectivity index (χ0) is 25.4. The van der Waals surface area contributed by atoms with Gasteiger partial charge >= 0.3 is 5.97 Å². The van der Waals surface area contributed by atoms with Crippen LogP contribution in [0.2, 0.25) is 0 Å². The molecule has 0 aromatic heterocycles. The molecule has 10 heteroatoms. The fraction of sp³-hybridized carbons (Fsp3) is 0.783. The van der Waals surface area contributed by atoms with Crippen molar-refractivity contribution in [3.63, 3.8) is 0 Å². The Labute approximate surface area is 197 Å². The number of carbonyl (C=O) groups is 5. The normalized spacial score (nSPS) is 12.8. The lowest BCUT2D eigenvalue weighted by Crippen LogP contribution is -2.51. The van der Waals surface area contributed by atoms with E-state index in [-0.39, 0.29) is 49.4 Å². The molecule has 3 amide bonds. The van der Waals surface area contributed by atoms with Gasteiger partial charge in [-0.15, -0.1) is 0 Å². The highest BCUT2D eigenvalue weighted by molar-refractivity contribution is 5.91. The molecule has 0 spiro atoms. The second-order valence-electron chi connectivity index (χ2n) is 8.90. The Morgan fingerprint density at radius 1 is 0.848 bits per heavy atom. The van der Waals surface area contributed by atoms with Gasteiger partial charge in [0.05, 0.1) is 25.0 Å². The monoisotopic (exact) mass is 470 g/mol. The molecule has 5 N–H and O–H groups in total. The number of rotatable bonds is 18. The van der Waals surface area contributed by atoms with E-state index in [9.17, 15) is 24.0 Å². The molecule has 0 aliphatic heterocycles. The Kier molecular flexibility index (Phi) is 15.8. The number of carboxylic acid groups (broad SMARTS) is 1. The van der Waals surface area contributed by atoms with Crippen LogP contribution in [0.3, 0.4) is 0 Å². The topological polar surface area (TPSA) is 154 Å². The van der Waals surface area contributed by atoms with Crippen molar-refractivity contribution in [2.45, 2.75) is 97.7 Å². The quantitative estimate of drug-likeness (QED) is 0.188. The van der Waals surface area contributed by atoms with Gasteiger partial charge in [0.15, 0.2) is 5.78 Å². The first kappa shape index (κ1) is 30.5. The maximum atomic E-state index is 12.5. The van der Waals surface area contributed by atoms with Crippen LogP contribution in [0, 0.1) is 5.92 Å². The van der Waals surface area contributed by atoms with Crippen molar-refractivity contribution >= 4 is 29.5 Å². The molecule has 0 aliphatic carbocycles.